The van der Waals surface area contributed by atoms with E-state index in [2.05, 4.69) is 14.9 Å². The molecule has 0 radical (unpaired) electrons. The Morgan fingerprint density at radius 3 is 3.00 bits per heavy atom. The molecule has 0 aliphatic rings. The van der Waals surface area contributed by atoms with Crippen molar-refractivity contribution in [2.45, 2.75) is 45.2 Å². The van der Waals surface area contributed by atoms with Gasteiger partial charge in [-0.05, 0) is 32.7 Å². The molecular formula is C12H21N3O2. The number of carboxylic acid groups (broad SMARTS) is 1. The highest BCUT2D eigenvalue weighted by molar-refractivity contribution is 5.66. The van der Waals surface area contributed by atoms with Crippen LogP contribution in [0.15, 0.2) is 18.7 Å². The lowest BCUT2D eigenvalue weighted by molar-refractivity contribution is -0.137. The van der Waals surface area contributed by atoms with Gasteiger partial charge in [-0.1, -0.05) is 0 Å². The molecule has 1 unspecified atom stereocenters. The van der Waals surface area contributed by atoms with Gasteiger partial charge in [0.05, 0.1) is 6.33 Å². The summed E-state index contributed by atoms with van der Waals surface area (Å²) in [5.41, 5.74) is 0. The maximum Gasteiger partial charge on any atom is 0.303 e. The van der Waals surface area contributed by atoms with Crippen LogP contribution >= 0.6 is 0 Å². The summed E-state index contributed by atoms with van der Waals surface area (Å²) >= 11 is 0. The average Bonchev–Trinajstić information content (AvgIpc) is 2.79. The van der Waals surface area contributed by atoms with Crippen LogP contribution in [-0.4, -0.2) is 33.2 Å². The number of aromatic nitrogens is 2. The summed E-state index contributed by atoms with van der Waals surface area (Å²) in [6.45, 7) is 3.96. The minimum atomic E-state index is -0.723. The van der Waals surface area contributed by atoms with Crippen LogP contribution in [0.1, 0.15) is 32.6 Å². The second-order valence-electron chi connectivity index (χ2n) is 4.30. The molecule has 96 valence electrons. The monoisotopic (exact) mass is 239 g/mol. The number of carbonyl (C=O) groups is 1. The SMILES string of the molecule is CC(CCC(=O)O)NCCCCn1ccnc1. The van der Waals surface area contributed by atoms with Gasteiger partial charge in [0.2, 0.25) is 0 Å². The highest BCUT2D eigenvalue weighted by atomic mass is 16.4. The zero-order chi connectivity index (χ0) is 12.5. The molecule has 0 fully saturated rings. The topological polar surface area (TPSA) is 67.2 Å². The molecule has 0 bridgehead atoms. The predicted octanol–water partition coefficient (Wildman–Crippen LogP) is 1.51. The number of hydrogen-bond donors (Lipinski definition) is 2. The molecule has 0 aliphatic heterocycles. The van der Waals surface area contributed by atoms with E-state index in [1.54, 1.807) is 6.20 Å². The number of nitrogens with zero attached hydrogens (tertiary/aromatic N) is 2. The third-order valence-corrected chi connectivity index (χ3v) is 2.69. The van der Waals surface area contributed by atoms with Gasteiger partial charge in [-0.25, -0.2) is 4.98 Å². The summed E-state index contributed by atoms with van der Waals surface area (Å²) in [5.74, 6) is -0.723. The van der Waals surface area contributed by atoms with Crippen molar-refractivity contribution in [2.75, 3.05) is 6.54 Å². The molecule has 0 aliphatic carbocycles. The van der Waals surface area contributed by atoms with E-state index in [1.165, 1.54) is 0 Å². The Kier molecular flexibility index (Phi) is 6.32. The number of nitrogens with one attached hydrogen (secondary N) is 1. The van der Waals surface area contributed by atoms with Crippen LogP contribution in [0.2, 0.25) is 0 Å². The van der Waals surface area contributed by atoms with Crippen LogP contribution in [0.4, 0.5) is 0 Å². The smallest absolute Gasteiger partial charge is 0.303 e. The molecule has 1 aromatic rings. The molecule has 5 nitrogen and oxygen atoms in total. The number of hydrogen-bond acceptors (Lipinski definition) is 3. The van der Waals surface area contributed by atoms with Crippen LogP contribution in [-0.2, 0) is 11.3 Å². The highest BCUT2D eigenvalue weighted by Gasteiger charge is 2.03. The number of imidazole rings is 1. The van der Waals surface area contributed by atoms with Gasteiger partial charge in [-0.3, -0.25) is 4.79 Å². The van der Waals surface area contributed by atoms with E-state index in [4.69, 9.17) is 5.11 Å². The third kappa shape index (κ3) is 6.73. The Labute approximate surface area is 102 Å². The Bertz CT molecular complexity index is 312. The lowest BCUT2D eigenvalue weighted by Crippen LogP contribution is -2.27. The minimum absolute atomic E-state index is 0.239. The Hall–Kier alpha value is -1.36. The molecule has 0 spiro atoms. The third-order valence-electron chi connectivity index (χ3n) is 2.69. The maximum atomic E-state index is 10.4. The number of aryl methyl sites for hydroxylation is 1. The summed E-state index contributed by atoms with van der Waals surface area (Å²) < 4.78 is 2.06. The average molecular weight is 239 g/mol. The van der Waals surface area contributed by atoms with Crippen LogP contribution in [0.5, 0.6) is 0 Å². The zero-order valence-electron chi connectivity index (χ0n) is 10.3. The highest BCUT2D eigenvalue weighted by Crippen LogP contribution is 1.98. The van der Waals surface area contributed by atoms with Crippen LogP contribution in [0.25, 0.3) is 0 Å². The van der Waals surface area contributed by atoms with E-state index < -0.39 is 5.97 Å². The quantitative estimate of drug-likeness (QED) is 0.641. The number of unbranched alkanes of at least 4 members (excludes halogenated alkanes) is 1. The lowest BCUT2D eigenvalue weighted by atomic mass is 10.2. The van der Waals surface area contributed by atoms with Crippen molar-refractivity contribution in [1.82, 2.24) is 14.9 Å². The summed E-state index contributed by atoms with van der Waals surface area (Å²) in [5, 5.41) is 11.9. The molecule has 1 rings (SSSR count). The normalized spacial score (nSPS) is 12.5. The summed E-state index contributed by atoms with van der Waals surface area (Å²) in [7, 11) is 0. The summed E-state index contributed by atoms with van der Waals surface area (Å²) in [6, 6.07) is 0.277. The molecule has 0 amide bonds. The second kappa shape index (κ2) is 7.84. The van der Waals surface area contributed by atoms with Gasteiger partial charge in [-0.15, -0.1) is 0 Å². The van der Waals surface area contributed by atoms with Crippen molar-refractivity contribution in [1.29, 1.82) is 0 Å². The standard InChI is InChI=1S/C12H21N3O2/c1-11(4-5-12(16)17)14-6-2-3-8-15-9-7-13-10-15/h7,9-11,14H,2-6,8H2,1H3,(H,16,17). The van der Waals surface area contributed by atoms with E-state index in [-0.39, 0.29) is 12.5 Å². The van der Waals surface area contributed by atoms with E-state index in [0.29, 0.717) is 6.42 Å². The molecule has 0 saturated carbocycles. The largest absolute Gasteiger partial charge is 0.481 e. The van der Waals surface area contributed by atoms with Gasteiger partial charge < -0.3 is 15.0 Å². The Morgan fingerprint density at radius 1 is 1.53 bits per heavy atom. The first-order valence-corrected chi connectivity index (χ1v) is 6.09. The van der Waals surface area contributed by atoms with Gasteiger partial charge in [0, 0.05) is 31.4 Å². The van der Waals surface area contributed by atoms with Crippen LogP contribution < -0.4 is 5.32 Å². The van der Waals surface area contributed by atoms with E-state index >= 15 is 0 Å². The van der Waals surface area contributed by atoms with Crippen molar-refractivity contribution in [3.8, 4) is 0 Å². The molecule has 0 aromatic carbocycles. The maximum absolute atomic E-state index is 10.4. The first kappa shape index (κ1) is 13.7. The van der Waals surface area contributed by atoms with Crippen molar-refractivity contribution in [3.63, 3.8) is 0 Å². The van der Waals surface area contributed by atoms with Gasteiger partial charge >= 0.3 is 5.97 Å². The number of carboxylic acids is 1. The zero-order valence-corrected chi connectivity index (χ0v) is 10.3. The van der Waals surface area contributed by atoms with Gasteiger partial charge in [-0.2, -0.15) is 0 Å². The van der Waals surface area contributed by atoms with Crippen molar-refractivity contribution >= 4 is 5.97 Å². The molecule has 1 aromatic heterocycles. The Balaban J connectivity index is 1.94. The van der Waals surface area contributed by atoms with Gasteiger partial charge in [0.15, 0.2) is 0 Å². The fourth-order valence-corrected chi connectivity index (χ4v) is 1.63. The fraction of sp³-hybridized carbons (Fsp3) is 0.667. The van der Waals surface area contributed by atoms with Crippen molar-refractivity contribution < 1.29 is 9.90 Å². The van der Waals surface area contributed by atoms with Gasteiger partial charge in [0.1, 0.15) is 0 Å². The van der Waals surface area contributed by atoms with Gasteiger partial charge in [0.25, 0.3) is 0 Å². The van der Waals surface area contributed by atoms with Crippen molar-refractivity contribution in [2.24, 2.45) is 0 Å². The molecule has 1 atom stereocenters. The van der Waals surface area contributed by atoms with Crippen LogP contribution in [0.3, 0.4) is 0 Å². The fourth-order valence-electron chi connectivity index (χ4n) is 1.63. The number of rotatable bonds is 9. The van der Waals surface area contributed by atoms with E-state index in [1.807, 2.05) is 19.4 Å². The molecule has 0 saturated heterocycles. The molecular weight excluding hydrogens is 218 g/mol. The first-order chi connectivity index (χ1) is 8.18. The van der Waals surface area contributed by atoms with E-state index in [0.717, 1.165) is 25.9 Å². The summed E-state index contributed by atoms with van der Waals surface area (Å²) in [6.07, 6.45) is 8.70. The van der Waals surface area contributed by atoms with Crippen LogP contribution in [0, 0.1) is 0 Å². The molecule has 1 heterocycles. The first-order valence-electron chi connectivity index (χ1n) is 6.09. The molecule has 2 N–H and O–H groups in total. The number of aliphatic carboxylic acids is 1. The molecule has 5 heteroatoms. The lowest BCUT2D eigenvalue weighted by Gasteiger charge is -2.12. The summed E-state index contributed by atoms with van der Waals surface area (Å²) in [4.78, 5) is 14.4. The molecule has 17 heavy (non-hydrogen) atoms. The van der Waals surface area contributed by atoms with E-state index in [9.17, 15) is 4.79 Å². The Morgan fingerprint density at radius 2 is 2.35 bits per heavy atom. The predicted molar refractivity (Wildman–Crippen MR) is 65.8 cm³/mol. The minimum Gasteiger partial charge on any atom is -0.481 e. The second-order valence-corrected chi connectivity index (χ2v) is 4.30. The van der Waals surface area contributed by atoms with Crippen molar-refractivity contribution in [3.05, 3.63) is 18.7 Å².